The fourth-order valence-electron chi connectivity index (χ4n) is 2.56. The number of nitrogens with one attached hydrogen (secondary N) is 2. The molecular weight excluding hydrogens is 333 g/mol. The lowest BCUT2D eigenvalue weighted by Gasteiger charge is -2.08. The number of anilines is 1. The van der Waals surface area contributed by atoms with Crippen molar-refractivity contribution in [3.05, 3.63) is 65.5 Å². The van der Waals surface area contributed by atoms with Crippen molar-refractivity contribution in [2.24, 2.45) is 11.8 Å². The molecule has 1 fully saturated rings. The number of carbonyl (C=O) groups is 2. The van der Waals surface area contributed by atoms with E-state index < -0.39 is 46.8 Å². The maximum Gasteiger partial charge on any atom is 0.228 e. The van der Waals surface area contributed by atoms with Gasteiger partial charge in [0.1, 0.15) is 23.1 Å². The number of hydrogen-bond donors (Lipinski definition) is 2. The average molecular weight is 348 g/mol. The van der Waals surface area contributed by atoms with E-state index in [4.69, 9.17) is 0 Å². The lowest BCUT2D eigenvalue weighted by atomic mass is 10.2. The molecular formula is C18H15F3N2O2. The van der Waals surface area contributed by atoms with E-state index in [2.05, 4.69) is 10.6 Å². The predicted molar refractivity (Wildman–Crippen MR) is 84.8 cm³/mol. The topological polar surface area (TPSA) is 58.2 Å². The molecule has 2 unspecified atom stereocenters. The van der Waals surface area contributed by atoms with Crippen LogP contribution in [0.3, 0.4) is 0 Å². The number of rotatable bonds is 5. The Balaban J connectivity index is 1.54. The molecule has 4 nitrogen and oxygen atoms in total. The summed E-state index contributed by atoms with van der Waals surface area (Å²) in [6.45, 7) is 0.0122. The lowest BCUT2D eigenvalue weighted by molar-refractivity contribution is -0.125. The Labute approximate surface area is 142 Å². The minimum atomic E-state index is -0.880. The molecule has 0 saturated heterocycles. The van der Waals surface area contributed by atoms with E-state index >= 15 is 0 Å². The second-order valence-corrected chi connectivity index (χ2v) is 5.84. The molecule has 7 heteroatoms. The highest BCUT2D eigenvalue weighted by Gasteiger charge is 2.48. The van der Waals surface area contributed by atoms with Crippen molar-refractivity contribution >= 4 is 17.5 Å². The third-order valence-corrected chi connectivity index (χ3v) is 4.09. The van der Waals surface area contributed by atoms with Crippen LogP contribution < -0.4 is 10.6 Å². The van der Waals surface area contributed by atoms with Gasteiger partial charge in [0.15, 0.2) is 0 Å². The number of carbonyl (C=O) groups excluding carboxylic acids is 2. The summed E-state index contributed by atoms with van der Waals surface area (Å²) in [6, 6.07) is 9.29. The maximum atomic E-state index is 13.5. The van der Waals surface area contributed by atoms with Crippen molar-refractivity contribution in [2.45, 2.75) is 13.0 Å². The van der Waals surface area contributed by atoms with Crippen LogP contribution in [0.2, 0.25) is 0 Å². The first-order valence-electron chi connectivity index (χ1n) is 7.73. The monoisotopic (exact) mass is 348 g/mol. The first-order chi connectivity index (χ1) is 12.0. The van der Waals surface area contributed by atoms with Gasteiger partial charge >= 0.3 is 0 Å². The summed E-state index contributed by atoms with van der Waals surface area (Å²) in [5.74, 6) is -4.43. The van der Waals surface area contributed by atoms with Gasteiger partial charge < -0.3 is 10.6 Å². The Kier molecular flexibility index (Phi) is 4.74. The second-order valence-electron chi connectivity index (χ2n) is 5.84. The maximum absolute atomic E-state index is 13.5. The average Bonchev–Trinajstić information content (AvgIpc) is 3.38. The molecule has 25 heavy (non-hydrogen) atoms. The molecule has 2 atom stereocenters. The molecule has 1 saturated carbocycles. The van der Waals surface area contributed by atoms with E-state index in [1.165, 1.54) is 12.1 Å². The summed E-state index contributed by atoms with van der Waals surface area (Å²) in [5.41, 5.74) is -0.184. The number of amides is 2. The largest absolute Gasteiger partial charge is 0.352 e. The van der Waals surface area contributed by atoms with Crippen molar-refractivity contribution in [2.75, 3.05) is 5.32 Å². The zero-order valence-corrected chi connectivity index (χ0v) is 13.1. The van der Waals surface area contributed by atoms with E-state index in [0.29, 0.717) is 5.56 Å². The molecule has 0 bridgehead atoms. The summed E-state index contributed by atoms with van der Waals surface area (Å²) >= 11 is 0. The standard InChI is InChI=1S/C18H15F3N2O2/c19-13-5-2-1-4-10(13)9-22-17(24)11-8-12(11)18(25)23-16-14(20)6-3-7-15(16)21/h1-7,11-12H,8-9H2,(H,22,24)(H,23,25). The fourth-order valence-corrected chi connectivity index (χ4v) is 2.56. The van der Waals surface area contributed by atoms with Gasteiger partial charge in [-0.1, -0.05) is 24.3 Å². The van der Waals surface area contributed by atoms with Crippen LogP contribution >= 0.6 is 0 Å². The van der Waals surface area contributed by atoms with Crippen LogP contribution in [0.5, 0.6) is 0 Å². The van der Waals surface area contributed by atoms with Crippen molar-refractivity contribution in [3.63, 3.8) is 0 Å². The van der Waals surface area contributed by atoms with Crippen LogP contribution in [0.4, 0.5) is 18.9 Å². The smallest absolute Gasteiger partial charge is 0.228 e. The SMILES string of the molecule is O=C(NCc1ccccc1F)C1CC1C(=O)Nc1c(F)cccc1F. The van der Waals surface area contributed by atoms with Gasteiger partial charge in [0, 0.05) is 12.1 Å². The fraction of sp³-hybridized carbons (Fsp3) is 0.222. The minimum Gasteiger partial charge on any atom is -0.352 e. The number of hydrogen-bond acceptors (Lipinski definition) is 2. The lowest BCUT2D eigenvalue weighted by Crippen LogP contribution is -2.27. The van der Waals surface area contributed by atoms with Crippen molar-refractivity contribution < 1.29 is 22.8 Å². The Morgan fingerprint density at radius 3 is 2.16 bits per heavy atom. The Morgan fingerprint density at radius 2 is 1.48 bits per heavy atom. The van der Waals surface area contributed by atoms with Gasteiger partial charge in [-0.2, -0.15) is 0 Å². The predicted octanol–water partition coefficient (Wildman–Crippen LogP) is 2.99. The van der Waals surface area contributed by atoms with Crippen molar-refractivity contribution in [3.8, 4) is 0 Å². The van der Waals surface area contributed by atoms with E-state index in [-0.39, 0.29) is 13.0 Å². The van der Waals surface area contributed by atoms with Crippen molar-refractivity contribution in [1.29, 1.82) is 0 Å². The molecule has 1 aliphatic rings. The molecule has 0 heterocycles. The zero-order chi connectivity index (χ0) is 18.0. The molecule has 2 aromatic carbocycles. The normalized spacial score (nSPS) is 18.5. The summed E-state index contributed by atoms with van der Waals surface area (Å²) in [5, 5.41) is 4.75. The van der Waals surface area contributed by atoms with Crippen LogP contribution in [0, 0.1) is 29.3 Å². The third-order valence-electron chi connectivity index (χ3n) is 4.09. The summed E-state index contributed by atoms with van der Waals surface area (Å²) < 4.78 is 40.5. The first kappa shape index (κ1) is 17.0. The zero-order valence-electron chi connectivity index (χ0n) is 13.1. The van der Waals surface area contributed by atoms with Gasteiger partial charge in [-0.3, -0.25) is 9.59 Å². The minimum absolute atomic E-state index is 0.0122. The van der Waals surface area contributed by atoms with Crippen LogP contribution in [0.15, 0.2) is 42.5 Å². The summed E-state index contributed by atoms with van der Waals surface area (Å²) in [4.78, 5) is 24.1. The highest BCUT2D eigenvalue weighted by molar-refractivity contribution is 5.99. The molecule has 130 valence electrons. The van der Waals surface area contributed by atoms with Gasteiger partial charge in [0.2, 0.25) is 11.8 Å². The molecule has 1 aliphatic carbocycles. The molecule has 2 amide bonds. The summed E-state index contributed by atoms with van der Waals surface area (Å²) in [6.07, 6.45) is 0.283. The highest BCUT2D eigenvalue weighted by Crippen LogP contribution is 2.40. The quantitative estimate of drug-likeness (QED) is 0.873. The van der Waals surface area contributed by atoms with E-state index in [1.54, 1.807) is 18.2 Å². The van der Waals surface area contributed by atoms with E-state index in [9.17, 15) is 22.8 Å². The Hall–Kier alpha value is -2.83. The molecule has 3 rings (SSSR count). The third kappa shape index (κ3) is 3.81. The highest BCUT2D eigenvalue weighted by atomic mass is 19.1. The van der Waals surface area contributed by atoms with Crippen LogP contribution in [0.25, 0.3) is 0 Å². The Morgan fingerprint density at radius 1 is 0.880 bits per heavy atom. The number of para-hydroxylation sites is 1. The summed E-state index contributed by atoms with van der Waals surface area (Å²) in [7, 11) is 0. The second kappa shape index (κ2) is 6.96. The molecule has 0 aliphatic heterocycles. The molecule has 0 radical (unpaired) electrons. The van der Waals surface area contributed by atoms with E-state index in [0.717, 1.165) is 12.1 Å². The number of halogens is 3. The number of benzene rings is 2. The molecule has 0 spiro atoms. The molecule has 0 aromatic heterocycles. The van der Waals surface area contributed by atoms with Crippen molar-refractivity contribution in [1.82, 2.24) is 5.32 Å². The van der Waals surface area contributed by atoms with Gasteiger partial charge in [-0.05, 0) is 24.6 Å². The molecule has 2 N–H and O–H groups in total. The van der Waals surface area contributed by atoms with Gasteiger partial charge in [-0.15, -0.1) is 0 Å². The Bertz CT molecular complexity index is 805. The van der Waals surface area contributed by atoms with Crippen LogP contribution in [-0.2, 0) is 16.1 Å². The van der Waals surface area contributed by atoms with E-state index in [1.807, 2.05) is 0 Å². The molecule has 2 aromatic rings. The van der Waals surface area contributed by atoms with Gasteiger partial charge in [-0.25, -0.2) is 13.2 Å². The van der Waals surface area contributed by atoms with Crippen LogP contribution in [0.1, 0.15) is 12.0 Å². The first-order valence-corrected chi connectivity index (χ1v) is 7.73. The van der Waals surface area contributed by atoms with Gasteiger partial charge in [0.25, 0.3) is 0 Å². The van der Waals surface area contributed by atoms with Crippen LogP contribution in [-0.4, -0.2) is 11.8 Å². The van der Waals surface area contributed by atoms with Gasteiger partial charge in [0.05, 0.1) is 11.8 Å².